The third-order valence-electron chi connectivity index (χ3n) is 4.36. The molecule has 3 aromatic carbocycles. The average Bonchev–Trinajstić information content (AvgIpc) is 2.93. The molecule has 0 fully saturated rings. The second-order valence-corrected chi connectivity index (χ2v) is 5.81. The molecule has 0 atom stereocenters. The van der Waals surface area contributed by atoms with Gasteiger partial charge in [0.2, 0.25) is 0 Å². The highest BCUT2D eigenvalue weighted by molar-refractivity contribution is 6.51. The third kappa shape index (κ3) is 2.31. The Morgan fingerprint density at radius 3 is 1.83 bits per heavy atom. The van der Waals surface area contributed by atoms with Crippen molar-refractivity contribution >= 4 is 17.4 Å². The number of anilines is 1. The van der Waals surface area contributed by atoms with Crippen LogP contribution in [0.1, 0.15) is 33.0 Å². The first-order chi connectivity index (χ1) is 11.8. The molecule has 0 aromatic heterocycles. The van der Waals surface area contributed by atoms with E-state index < -0.39 is 11.7 Å². The molecule has 1 aliphatic heterocycles. The summed E-state index contributed by atoms with van der Waals surface area (Å²) in [5.41, 5.74) is 4.25. The van der Waals surface area contributed by atoms with Gasteiger partial charge in [-0.2, -0.15) is 0 Å². The van der Waals surface area contributed by atoms with Crippen LogP contribution in [0.25, 0.3) is 0 Å². The van der Waals surface area contributed by atoms with E-state index in [1.54, 1.807) is 6.07 Å². The maximum Gasteiger partial charge on any atom is 0.296 e. The Bertz CT molecular complexity index is 878. The first-order valence-corrected chi connectivity index (χ1v) is 7.84. The number of hydrogen-bond acceptors (Lipinski definition) is 2. The van der Waals surface area contributed by atoms with E-state index in [1.807, 2.05) is 48.5 Å². The van der Waals surface area contributed by atoms with Crippen LogP contribution in [0.5, 0.6) is 0 Å². The van der Waals surface area contributed by atoms with Gasteiger partial charge >= 0.3 is 0 Å². The maximum atomic E-state index is 12.0. The molecule has 1 amide bonds. The maximum absolute atomic E-state index is 12.0. The van der Waals surface area contributed by atoms with Crippen molar-refractivity contribution in [3.63, 3.8) is 0 Å². The molecular weight excluding hydrogens is 298 g/mol. The van der Waals surface area contributed by atoms with Gasteiger partial charge < -0.3 is 5.32 Å². The van der Waals surface area contributed by atoms with Gasteiger partial charge in [-0.15, -0.1) is 0 Å². The minimum absolute atomic E-state index is 0.0476. The lowest BCUT2D eigenvalue weighted by Gasteiger charge is -2.21. The molecule has 0 saturated carbocycles. The van der Waals surface area contributed by atoms with Crippen molar-refractivity contribution in [1.29, 1.82) is 0 Å². The van der Waals surface area contributed by atoms with Gasteiger partial charge in [0, 0.05) is 5.92 Å². The summed E-state index contributed by atoms with van der Waals surface area (Å²) in [4.78, 5) is 23.9. The largest absolute Gasteiger partial charge is 0.318 e. The van der Waals surface area contributed by atoms with Gasteiger partial charge in [0.05, 0.1) is 11.3 Å². The average molecular weight is 313 g/mol. The molecular formula is C21H15NO2. The normalized spacial score (nSPS) is 13.0. The van der Waals surface area contributed by atoms with Crippen LogP contribution in [-0.4, -0.2) is 11.7 Å². The zero-order valence-electron chi connectivity index (χ0n) is 12.9. The number of hydrogen-bond donors (Lipinski definition) is 1. The molecule has 1 aliphatic rings. The summed E-state index contributed by atoms with van der Waals surface area (Å²) in [7, 11) is 0. The molecule has 116 valence electrons. The predicted octanol–water partition coefficient (Wildman–Crippen LogP) is 4.00. The van der Waals surface area contributed by atoms with Crippen molar-refractivity contribution in [3.8, 4) is 0 Å². The smallest absolute Gasteiger partial charge is 0.296 e. The van der Waals surface area contributed by atoms with E-state index in [4.69, 9.17) is 0 Å². The number of fused-ring (bicyclic) bond motifs is 1. The van der Waals surface area contributed by atoms with Crippen LogP contribution in [0.15, 0.2) is 78.9 Å². The Morgan fingerprint density at radius 1 is 0.667 bits per heavy atom. The van der Waals surface area contributed by atoms with Crippen LogP contribution in [0.2, 0.25) is 0 Å². The van der Waals surface area contributed by atoms with Crippen molar-refractivity contribution in [3.05, 3.63) is 101 Å². The fourth-order valence-electron chi connectivity index (χ4n) is 3.27. The minimum atomic E-state index is -0.558. The Morgan fingerprint density at radius 2 is 1.25 bits per heavy atom. The molecule has 0 spiro atoms. The molecule has 1 N–H and O–H groups in total. The predicted molar refractivity (Wildman–Crippen MR) is 93.2 cm³/mol. The second-order valence-electron chi connectivity index (χ2n) is 5.81. The number of benzene rings is 3. The van der Waals surface area contributed by atoms with E-state index in [9.17, 15) is 9.59 Å². The van der Waals surface area contributed by atoms with Crippen molar-refractivity contribution < 1.29 is 9.59 Å². The molecule has 1 heterocycles. The monoisotopic (exact) mass is 313 g/mol. The first kappa shape index (κ1) is 14.4. The Kier molecular flexibility index (Phi) is 3.47. The fraction of sp³-hybridized carbons (Fsp3) is 0.0476. The van der Waals surface area contributed by atoms with Crippen LogP contribution in [-0.2, 0) is 4.79 Å². The van der Waals surface area contributed by atoms with Crippen molar-refractivity contribution in [1.82, 2.24) is 0 Å². The van der Waals surface area contributed by atoms with Crippen LogP contribution < -0.4 is 5.32 Å². The quantitative estimate of drug-likeness (QED) is 0.587. The Labute approximate surface area is 140 Å². The van der Waals surface area contributed by atoms with E-state index in [1.165, 1.54) is 0 Å². The lowest BCUT2D eigenvalue weighted by atomic mass is 9.83. The molecule has 3 aromatic rings. The summed E-state index contributed by atoms with van der Waals surface area (Å²) in [5, 5.41) is 2.75. The molecule has 0 saturated heterocycles. The third-order valence-corrected chi connectivity index (χ3v) is 4.36. The van der Waals surface area contributed by atoms with Crippen molar-refractivity contribution in [2.75, 3.05) is 5.32 Å². The lowest BCUT2D eigenvalue weighted by Crippen LogP contribution is -2.13. The number of ketones is 1. The summed E-state index contributed by atoms with van der Waals surface area (Å²) in [5.74, 6) is -1.07. The van der Waals surface area contributed by atoms with E-state index in [-0.39, 0.29) is 5.92 Å². The van der Waals surface area contributed by atoms with Crippen LogP contribution in [0.4, 0.5) is 5.69 Å². The number of amides is 1. The van der Waals surface area contributed by atoms with E-state index in [0.717, 1.165) is 16.7 Å². The van der Waals surface area contributed by atoms with Gasteiger partial charge in [-0.05, 0) is 22.8 Å². The zero-order valence-corrected chi connectivity index (χ0v) is 12.9. The van der Waals surface area contributed by atoms with E-state index in [2.05, 4.69) is 29.6 Å². The van der Waals surface area contributed by atoms with Crippen molar-refractivity contribution in [2.45, 2.75) is 5.92 Å². The lowest BCUT2D eigenvalue weighted by molar-refractivity contribution is -0.112. The molecule has 0 aliphatic carbocycles. The Hall–Kier alpha value is -3.20. The number of carbonyl (C=O) groups is 2. The Balaban J connectivity index is 1.94. The molecule has 0 radical (unpaired) electrons. The summed E-state index contributed by atoms with van der Waals surface area (Å²) < 4.78 is 0. The minimum Gasteiger partial charge on any atom is -0.318 e. The number of Topliss-reactive ketones (excluding diaryl/α,β-unsaturated/α-hetero) is 1. The number of nitrogens with one attached hydrogen (secondary N) is 1. The van der Waals surface area contributed by atoms with Gasteiger partial charge in [0.25, 0.3) is 11.7 Å². The molecule has 3 heteroatoms. The highest BCUT2D eigenvalue weighted by atomic mass is 16.2. The molecule has 4 rings (SSSR count). The second kappa shape index (κ2) is 5.78. The first-order valence-electron chi connectivity index (χ1n) is 7.84. The van der Waals surface area contributed by atoms with Gasteiger partial charge in [-0.25, -0.2) is 0 Å². The number of carbonyl (C=O) groups excluding carboxylic acids is 2. The van der Waals surface area contributed by atoms with E-state index >= 15 is 0 Å². The molecule has 0 unspecified atom stereocenters. The highest BCUT2D eigenvalue weighted by Crippen LogP contribution is 2.39. The van der Waals surface area contributed by atoms with Gasteiger partial charge in [-0.3, -0.25) is 9.59 Å². The molecule has 0 bridgehead atoms. The fourth-order valence-corrected chi connectivity index (χ4v) is 3.27. The summed E-state index contributed by atoms with van der Waals surface area (Å²) in [6, 6.07) is 25.7. The summed E-state index contributed by atoms with van der Waals surface area (Å²) >= 11 is 0. The topological polar surface area (TPSA) is 46.2 Å². The summed E-state index contributed by atoms with van der Waals surface area (Å²) in [6.07, 6.45) is 0. The van der Waals surface area contributed by atoms with Gasteiger partial charge in [0.15, 0.2) is 0 Å². The van der Waals surface area contributed by atoms with Crippen LogP contribution in [0.3, 0.4) is 0 Å². The van der Waals surface area contributed by atoms with Crippen molar-refractivity contribution in [2.24, 2.45) is 0 Å². The van der Waals surface area contributed by atoms with Crippen LogP contribution >= 0.6 is 0 Å². The number of rotatable bonds is 3. The molecule has 3 nitrogen and oxygen atoms in total. The SMILES string of the molecule is O=C1Nc2c(cccc2C(c2ccccc2)c2ccccc2)C1=O. The highest BCUT2D eigenvalue weighted by Gasteiger charge is 2.32. The molecule has 24 heavy (non-hydrogen) atoms. The van der Waals surface area contributed by atoms with E-state index in [0.29, 0.717) is 11.3 Å². The summed E-state index contributed by atoms with van der Waals surface area (Å²) in [6.45, 7) is 0. The van der Waals surface area contributed by atoms with Crippen LogP contribution in [0, 0.1) is 0 Å². The van der Waals surface area contributed by atoms with Gasteiger partial charge in [-0.1, -0.05) is 72.8 Å². The number of para-hydroxylation sites is 1. The van der Waals surface area contributed by atoms with Gasteiger partial charge in [0.1, 0.15) is 0 Å². The zero-order chi connectivity index (χ0) is 16.5. The standard InChI is InChI=1S/C21H15NO2/c23-20-17-13-7-12-16(19(17)22-21(20)24)18(14-8-3-1-4-9-14)15-10-5-2-6-11-15/h1-13,18H,(H,22,23,24).